The molecule has 0 aromatic heterocycles. The third kappa shape index (κ3) is 2.87. The molecule has 0 aliphatic heterocycles. The molecular weight excluding hydrogens is 206 g/mol. The highest BCUT2D eigenvalue weighted by atomic mass is 16.3. The van der Waals surface area contributed by atoms with Gasteiger partial charge in [0, 0.05) is 32.0 Å². The Morgan fingerprint density at radius 3 is 2.75 bits per heavy atom. The lowest BCUT2D eigenvalue weighted by Crippen LogP contribution is -2.28. The Morgan fingerprint density at radius 1 is 1.50 bits per heavy atom. The van der Waals surface area contributed by atoms with Crippen LogP contribution < -0.4 is 16.0 Å². The zero-order valence-electron chi connectivity index (χ0n) is 9.53. The van der Waals surface area contributed by atoms with Crippen LogP contribution in [-0.2, 0) is 0 Å². The first-order valence-corrected chi connectivity index (χ1v) is 5.02. The van der Waals surface area contributed by atoms with E-state index in [1.54, 1.807) is 18.2 Å². The number of anilines is 2. The number of carbonyl (C=O) groups excluding carboxylic acids is 1. The lowest BCUT2D eigenvalue weighted by molar-refractivity contribution is 0.0945. The molecule has 0 radical (unpaired) electrons. The van der Waals surface area contributed by atoms with Gasteiger partial charge in [-0.1, -0.05) is 0 Å². The van der Waals surface area contributed by atoms with Gasteiger partial charge >= 0.3 is 0 Å². The molecule has 5 heteroatoms. The number of hydrogen-bond donors (Lipinski definition) is 3. The van der Waals surface area contributed by atoms with Gasteiger partial charge in [0.1, 0.15) is 0 Å². The lowest BCUT2D eigenvalue weighted by atomic mass is 10.1. The molecule has 1 amide bonds. The van der Waals surface area contributed by atoms with Gasteiger partial charge < -0.3 is 21.1 Å². The van der Waals surface area contributed by atoms with Crippen LogP contribution in [0, 0.1) is 0 Å². The summed E-state index contributed by atoms with van der Waals surface area (Å²) in [5, 5.41) is 11.2. The predicted octanol–water partition coefficient (Wildman–Crippen LogP) is 0.0569. The Morgan fingerprint density at radius 2 is 2.19 bits per heavy atom. The first-order valence-electron chi connectivity index (χ1n) is 5.02. The zero-order chi connectivity index (χ0) is 12.1. The largest absolute Gasteiger partial charge is 0.399 e. The fourth-order valence-corrected chi connectivity index (χ4v) is 1.39. The van der Waals surface area contributed by atoms with Crippen LogP contribution in [0.1, 0.15) is 10.4 Å². The molecule has 0 aliphatic rings. The monoisotopic (exact) mass is 223 g/mol. The molecule has 88 valence electrons. The van der Waals surface area contributed by atoms with E-state index in [2.05, 4.69) is 5.32 Å². The molecule has 4 N–H and O–H groups in total. The van der Waals surface area contributed by atoms with E-state index in [0.717, 1.165) is 5.69 Å². The van der Waals surface area contributed by atoms with Crippen LogP contribution in [0.3, 0.4) is 0 Å². The summed E-state index contributed by atoms with van der Waals surface area (Å²) in [6.07, 6.45) is 0. The van der Waals surface area contributed by atoms with Crippen molar-refractivity contribution < 1.29 is 9.90 Å². The standard InChI is InChI=1S/C11H17N3O2/c1-14(2)10-4-3-8(12)7-9(10)11(16)13-5-6-15/h3-4,7,15H,5-6,12H2,1-2H3,(H,13,16). The smallest absolute Gasteiger partial charge is 0.253 e. The van der Waals surface area contributed by atoms with Crippen LogP contribution in [0.25, 0.3) is 0 Å². The number of nitrogens with one attached hydrogen (secondary N) is 1. The van der Waals surface area contributed by atoms with Gasteiger partial charge in [-0.25, -0.2) is 0 Å². The van der Waals surface area contributed by atoms with E-state index >= 15 is 0 Å². The van der Waals surface area contributed by atoms with E-state index in [9.17, 15) is 4.79 Å². The van der Waals surface area contributed by atoms with E-state index in [0.29, 0.717) is 11.3 Å². The molecule has 1 rings (SSSR count). The Hall–Kier alpha value is -1.75. The summed E-state index contributed by atoms with van der Waals surface area (Å²) < 4.78 is 0. The number of benzene rings is 1. The molecule has 0 atom stereocenters. The molecule has 1 aromatic carbocycles. The fourth-order valence-electron chi connectivity index (χ4n) is 1.39. The highest BCUT2D eigenvalue weighted by Gasteiger charge is 2.12. The second-order valence-corrected chi connectivity index (χ2v) is 3.65. The molecule has 0 aliphatic carbocycles. The lowest BCUT2D eigenvalue weighted by Gasteiger charge is -2.17. The summed E-state index contributed by atoms with van der Waals surface area (Å²) in [5.74, 6) is -0.231. The van der Waals surface area contributed by atoms with Crippen molar-refractivity contribution in [2.24, 2.45) is 0 Å². The second kappa shape index (κ2) is 5.37. The van der Waals surface area contributed by atoms with Crippen LogP contribution >= 0.6 is 0 Å². The van der Waals surface area contributed by atoms with E-state index in [-0.39, 0.29) is 19.1 Å². The van der Waals surface area contributed by atoms with Crippen LogP contribution in [0.4, 0.5) is 11.4 Å². The maximum atomic E-state index is 11.8. The molecule has 0 unspecified atom stereocenters. The summed E-state index contributed by atoms with van der Waals surface area (Å²) in [4.78, 5) is 13.6. The number of amides is 1. The number of rotatable bonds is 4. The number of aliphatic hydroxyl groups excluding tert-OH is 1. The first kappa shape index (κ1) is 12.3. The summed E-state index contributed by atoms with van der Waals surface area (Å²) in [7, 11) is 3.71. The highest BCUT2D eigenvalue weighted by Crippen LogP contribution is 2.21. The van der Waals surface area contributed by atoms with E-state index in [1.165, 1.54) is 0 Å². The van der Waals surface area contributed by atoms with Crippen molar-refractivity contribution in [3.63, 3.8) is 0 Å². The number of carbonyl (C=O) groups is 1. The molecular formula is C11H17N3O2. The normalized spacial score (nSPS) is 9.94. The molecule has 0 heterocycles. The van der Waals surface area contributed by atoms with Gasteiger partial charge in [0.2, 0.25) is 0 Å². The van der Waals surface area contributed by atoms with Crippen LogP contribution in [-0.4, -0.2) is 38.3 Å². The molecule has 0 fully saturated rings. The SMILES string of the molecule is CN(C)c1ccc(N)cc1C(=O)NCCO. The molecule has 0 bridgehead atoms. The van der Waals surface area contributed by atoms with Crippen LogP contribution in [0.2, 0.25) is 0 Å². The molecule has 0 saturated heterocycles. The van der Waals surface area contributed by atoms with Crippen molar-refractivity contribution in [1.29, 1.82) is 0 Å². The average Bonchev–Trinajstić information content (AvgIpc) is 2.25. The Bertz CT molecular complexity index is 377. The number of aliphatic hydroxyl groups is 1. The van der Waals surface area contributed by atoms with Crippen molar-refractivity contribution >= 4 is 17.3 Å². The minimum absolute atomic E-state index is 0.0780. The van der Waals surface area contributed by atoms with Crippen molar-refractivity contribution in [2.45, 2.75) is 0 Å². The quantitative estimate of drug-likeness (QED) is 0.631. The van der Waals surface area contributed by atoms with Gasteiger partial charge in [0.05, 0.1) is 12.2 Å². The van der Waals surface area contributed by atoms with Crippen molar-refractivity contribution in [1.82, 2.24) is 5.32 Å². The van der Waals surface area contributed by atoms with E-state index < -0.39 is 0 Å². The van der Waals surface area contributed by atoms with Gasteiger partial charge in [0.25, 0.3) is 5.91 Å². The Kier molecular flexibility index (Phi) is 4.13. The number of nitrogen functional groups attached to an aromatic ring is 1. The Labute approximate surface area is 94.9 Å². The third-order valence-electron chi connectivity index (χ3n) is 2.14. The van der Waals surface area contributed by atoms with Crippen molar-refractivity contribution in [3.05, 3.63) is 23.8 Å². The van der Waals surface area contributed by atoms with E-state index in [4.69, 9.17) is 10.8 Å². The molecule has 5 nitrogen and oxygen atoms in total. The summed E-state index contributed by atoms with van der Waals surface area (Å²) in [6, 6.07) is 5.17. The van der Waals surface area contributed by atoms with Crippen LogP contribution in [0.15, 0.2) is 18.2 Å². The Balaban J connectivity index is 3.00. The highest BCUT2D eigenvalue weighted by molar-refractivity contribution is 6.00. The molecule has 1 aromatic rings. The third-order valence-corrected chi connectivity index (χ3v) is 2.14. The number of nitrogens with two attached hydrogens (primary N) is 1. The summed E-state index contributed by atoms with van der Waals surface area (Å²) in [6.45, 7) is 0.159. The molecule has 16 heavy (non-hydrogen) atoms. The summed E-state index contributed by atoms with van der Waals surface area (Å²) >= 11 is 0. The molecule has 0 saturated carbocycles. The zero-order valence-corrected chi connectivity index (χ0v) is 9.53. The van der Waals surface area contributed by atoms with Gasteiger partial charge in [-0.05, 0) is 18.2 Å². The van der Waals surface area contributed by atoms with Gasteiger partial charge in [-0.2, -0.15) is 0 Å². The van der Waals surface area contributed by atoms with Gasteiger partial charge in [-0.3, -0.25) is 4.79 Å². The van der Waals surface area contributed by atoms with Crippen LogP contribution in [0.5, 0.6) is 0 Å². The van der Waals surface area contributed by atoms with E-state index in [1.807, 2.05) is 19.0 Å². The topological polar surface area (TPSA) is 78.6 Å². The minimum Gasteiger partial charge on any atom is -0.399 e. The van der Waals surface area contributed by atoms with Crippen molar-refractivity contribution in [3.8, 4) is 0 Å². The number of nitrogens with zero attached hydrogens (tertiary/aromatic N) is 1. The average molecular weight is 223 g/mol. The minimum atomic E-state index is -0.231. The number of hydrogen-bond acceptors (Lipinski definition) is 4. The van der Waals surface area contributed by atoms with Gasteiger partial charge in [-0.15, -0.1) is 0 Å². The maximum Gasteiger partial charge on any atom is 0.253 e. The maximum absolute atomic E-state index is 11.8. The second-order valence-electron chi connectivity index (χ2n) is 3.65. The first-order chi connectivity index (χ1) is 7.56. The summed E-state index contributed by atoms with van der Waals surface area (Å²) in [5.41, 5.74) is 7.50. The van der Waals surface area contributed by atoms with Gasteiger partial charge in [0.15, 0.2) is 0 Å². The molecule has 0 spiro atoms. The fraction of sp³-hybridized carbons (Fsp3) is 0.364. The van der Waals surface area contributed by atoms with Crippen molar-refractivity contribution in [2.75, 3.05) is 37.9 Å². The predicted molar refractivity (Wildman–Crippen MR) is 64.6 cm³/mol.